The molecule has 5 heteroatoms. The molecule has 0 saturated heterocycles. The van der Waals surface area contributed by atoms with Crippen LogP contribution in [0.25, 0.3) is 5.65 Å². The van der Waals surface area contributed by atoms with Crippen LogP contribution in [0.3, 0.4) is 0 Å². The van der Waals surface area contributed by atoms with Gasteiger partial charge in [0.25, 0.3) is 11.5 Å². The van der Waals surface area contributed by atoms with Crippen LogP contribution in [0, 0.1) is 23.2 Å². The number of pyridine rings is 1. The fourth-order valence-corrected chi connectivity index (χ4v) is 4.86. The first-order valence-corrected chi connectivity index (χ1v) is 8.62. The summed E-state index contributed by atoms with van der Waals surface area (Å²) in [5.41, 5.74) is 0.871. The number of rotatable bonds is 3. The van der Waals surface area contributed by atoms with Crippen LogP contribution in [0.2, 0.25) is 0 Å². The Morgan fingerprint density at radius 3 is 3.00 bits per heavy atom. The molecule has 2 bridgehead atoms. The lowest BCUT2D eigenvalue weighted by molar-refractivity contribution is 0.0942. The molecule has 1 spiro atoms. The van der Waals surface area contributed by atoms with E-state index in [9.17, 15) is 9.59 Å². The fourth-order valence-electron chi connectivity index (χ4n) is 4.86. The maximum Gasteiger partial charge on any atom is 0.270 e. The minimum atomic E-state index is -0.317. The van der Waals surface area contributed by atoms with E-state index in [0.717, 1.165) is 6.42 Å². The maximum atomic E-state index is 12.5. The summed E-state index contributed by atoms with van der Waals surface area (Å²) in [4.78, 5) is 29.1. The normalized spacial score (nSPS) is 28.6. The first-order valence-electron chi connectivity index (χ1n) is 8.62. The molecule has 5 rings (SSSR count). The summed E-state index contributed by atoms with van der Waals surface area (Å²) in [6.45, 7) is 0.642. The van der Waals surface area contributed by atoms with Gasteiger partial charge in [-0.3, -0.25) is 14.0 Å². The predicted octanol–water partition coefficient (Wildman–Crippen LogP) is 2.03. The van der Waals surface area contributed by atoms with E-state index in [2.05, 4.69) is 22.5 Å². The van der Waals surface area contributed by atoms with Gasteiger partial charge >= 0.3 is 0 Å². The van der Waals surface area contributed by atoms with Crippen molar-refractivity contribution in [2.24, 2.45) is 23.2 Å². The average Bonchev–Trinajstić information content (AvgIpc) is 3.27. The molecular weight excluding hydrogens is 302 g/mol. The number of carbonyl (C=O) groups is 1. The Bertz CT molecular complexity index is 926. The van der Waals surface area contributed by atoms with Crippen LogP contribution < -0.4 is 10.9 Å². The van der Waals surface area contributed by atoms with E-state index in [4.69, 9.17) is 0 Å². The number of amides is 1. The fraction of sp³-hybridized carbons (Fsp3) is 0.421. The molecule has 0 aliphatic heterocycles. The van der Waals surface area contributed by atoms with E-state index < -0.39 is 0 Å². The van der Waals surface area contributed by atoms with Crippen molar-refractivity contribution in [3.8, 4) is 0 Å². The minimum Gasteiger partial charge on any atom is -0.352 e. The number of carbonyl (C=O) groups excluding carboxylic acids is 1. The Hall–Kier alpha value is -2.43. The van der Waals surface area contributed by atoms with E-state index in [1.54, 1.807) is 18.3 Å². The summed E-state index contributed by atoms with van der Waals surface area (Å²) in [5.74, 6) is 1.50. The molecule has 0 aromatic carbocycles. The lowest BCUT2D eigenvalue weighted by Gasteiger charge is -2.20. The lowest BCUT2D eigenvalue weighted by atomic mass is 9.89. The highest BCUT2D eigenvalue weighted by molar-refractivity contribution is 5.93. The van der Waals surface area contributed by atoms with Crippen LogP contribution in [0.15, 0.2) is 47.5 Å². The van der Waals surface area contributed by atoms with Crippen molar-refractivity contribution in [2.45, 2.75) is 19.3 Å². The van der Waals surface area contributed by atoms with Crippen molar-refractivity contribution in [3.05, 3.63) is 58.7 Å². The van der Waals surface area contributed by atoms with Gasteiger partial charge in [0.2, 0.25) is 0 Å². The van der Waals surface area contributed by atoms with E-state index in [1.807, 2.05) is 6.07 Å². The summed E-state index contributed by atoms with van der Waals surface area (Å²) in [6.07, 6.45) is 11.6. The van der Waals surface area contributed by atoms with Crippen molar-refractivity contribution < 1.29 is 4.79 Å². The van der Waals surface area contributed by atoms with E-state index in [-0.39, 0.29) is 17.0 Å². The highest BCUT2D eigenvalue weighted by Gasteiger charge is 2.62. The van der Waals surface area contributed by atoms with Crippen LogP contribution in [0.4, 0.5) is 0 Å². The molecule has 24 heavy (non-hydrogen) atoms. The average molecular weight is 321 g/mol. The minimum absolute atomic E-state index is 0.110. The Morgan fingerprint density at radius 1 is 1.33 bits per heavy atom. The third kappa shape index (κ3) is 1.84. The van der Waals surface area contributed by atoms with Crippen molar-refractivity contribution >= 4 is 11.6 Å². The zero-order valence-electron chi connectivity index (χ0n) is 13.3. The van der Waals surface area contributed by atoms with Gasteiger partial charge in [0.1, 0.15) is 11.2 Å². The van der Waals surface area contributed by atoms with Gasteiger partial charge in [-0.1, -0.05) is 18.2 Å². The molecular formula is C19H19N3O2. The molecule has 2 saturated carbocycles. The Labute approximate surface area is 139 Å². The van der Waals surface area contributed by atoms with Crippen molar-refractivity contribution in [2.75, 3.05) is 6.54 Å². The molecule has 122 valence electrons. The third-order valence-corrected chi connectivity index (χ3v) is 6.23. The summed E-state index contributed by atoms with van der Waals surface area (Å²) in [6, 6.07) is 5.33. The van der Waals surface area contributed by atoms with Gasteiger partial charge in [-0.15, -0.1) is 0 Å². The monoisotopic (exact) mass is 321 g/mol. The molecule has 0 unspecified atom stereocenters. The van der Waals surface area contributed by atoms with Gasteiger partial charge in [0.15, 0.2) is 0 Å². The molecule has 3 atom stereocenters. The Morgan fingerprint density at radius 2 is 2.21 bits per heavy atom. The highest BCUT2D eigenvalue weighted by Crippen LogP contribution is 2.69. The van der Waals surface area contributed by atoms with Crippen molar-refractivity contribution in [3.63, 3.8) is 0 Å². The second-order valence-corrected chi connectivity index (χ2v) is 7.36. The zero-order valence-corrected chi connectivity index (χ0v) is 13.3. The van der Waals surface area contributed by atoms with Gasteiger partial charge in [-0.05, 0) is 54.6 Å². The third-order valence-electron chi connectivity index (χ3n) is 6.23. The predicted molar refractivity (Wildman–Crippen MR) is 89.7 cm³/mol. The van der Waals surface area contributed by atoms with Gasteiger partial charge in [-0.2, -0.15) is 0 Å². The smallest absolute Gasteiger partial charge is 0.270 e. The first-order chi connectivity index (χ1) is 11.7. The van der Waals surface area contributed by atoms with Crippen molar-refractivity contribution in [1.29, 1.82) is 0 Å². The number of fused-ring (bicyclic) bond motifs is 1. The van der Waals surface area contributed by atoms with Crippen LogP contribution >= 0.6 is 0 Å². The SMILES string of the molecule is O=C(NC[C@@H]1C[C@@H]2C=C[C@@H]1C21CC1)c1cnc2ccccn2c1=O. The molecule has 1 N–H and O–H groups in total. The van der Waals surface area contributed by atoms with Crippen LogP contribution in [0.1, 0.15) is 29.6 Å². The van der Waals surface area contributed by atoms with Crippen LogP contribution in [-0.4, -0.2) is 21.8 Å². The van der Waals surface area contributed by atoms with Crippen molar-refractivity contribution in [1.82, 2.24) is 14.7 Å². The summed E-state index contributed by atoms with van der Waals surface area (Å²) in [5, 5.41) is 2.97. The van der Waals surface area contributed by atoms with E-state index in [1.165, 1.54) is 23.4 Å². The lowest BCUT2D eigenvalue weighted by Crippen LogP contribution is -2.35. The van der Waals surface area contributed by atoms with E-state index >= 15 is 0 Å². The maximum absolute atomic E-state index is 12.5. The largest absolute Gasteiger partial charge is 0.352 e. The molecule has 2 aromatic rings. The number of nitrogens with one attached hydrogen (secondary N) is 1. The number of hydrogen-bond donors (Lipinski definition) is 1. The van der Waals surface area contributed by atoms with Crippen LogP contribution in [0.5, 0.6) is 0 Å². The second kappa shape index (κ2) is 4.79. The molecule has 2 fully saturated rings. The zero-order chi connectivity index (χ0) is 16.3. The Kier molecular flexibility index (Phi) is 2.78. The molecule has 3 aliphatic rings. The molecule has 2 aromatic heterocycles. The summed E-state index contributed by atoms with van der Waals surface area (Å²) < 4.78 is 1.41. The van der Waals surface area contributed by atoms with E-state index in [0.29, 0.717) is 35.4 Å². The molecule has 0 radical (unpaired) electrons. The highest BCUT2D eigenvalue weighted by atomic mass is 16.2. The number of hydrogen-bond acceptors (Lipinski definition) is 3. The topological polar surface area (TPSA) is 63.5 Å². The van der Waals surface area contributed by atoms with Crippen LogP contribution in [-0.2, 0) is 0 Å². The Balaban J connectivity index is 1.34. The van der Waals surface area contributed by atoms with Gasteiger partial charge in [0, 0.05) is 18.9 Å². The molecule has 3 aliphatic carbocycles. The summed E-state index contributed by atoms with van der Waals surface area (Å²) >= 11 is 0. The number of aromatic nitrogens is 2. The second-order valence-electron chi connectivity index (χ2n) is 7.36. The van der Waals surface area contributed by atoms with Gasteiger partial charge in [0.05, 0.1) is 0 Å². The standard InChI is InChI=1S/C19H19N3O2/c23-17(14-11-20-16-3-1-2-8-22(16)18(14)24)21-10-12-9-13-4-5-15(12)19(13)6-7-19/h1-5,8,11-13,15H,6-7,9-10H2,(H,21,23)/t12-,13-,15-/m0/s1. The van der Waals surface area contributed by atoms with Gasteiger partial charge in [-0.25, -0.2) is 4.98 Å². The van der Waals surface area contributed by atoms with Gasteiger partial charge < -0.3 is 5.32 Å². The molecule has 1 amide bonds. The summed E-state index contributed by atoms with van der Waals surface area (Å²) in [7, 11) is 0. The first kappa shape index (κ1) is 14.0. The quantitative estimate of drug-likeness (QED) is 0.880. The molecule has 2 heterocycles. The number of nitrogens with zero attached hydrogens (tertiary/aromatic N) is 2. The molecule has 5 nitrogen and oxygen atoms in total. The number of allylic oxidation sites excluding steroid dienone is 2.